The average Bonchev–Trinajstić information content (AvgIpc) is 2.39. The molecule has 0 aliphatic heterocycles. The number of H-pyrrole nitrogens is 1. The minimum Gasteiger partial charge on any atom is -0.479 e. The fraction of sp³-hybridized carbons (Fsp3) is 0.133. The van der Waals surface area contributed by atoms with Gasteiger partial charge >= 0.3 is 0 Å². The maximum absolute atomic E-state index is 12.0. The van der Waals surface area contributed by atoms with E-state index in [1.165, 1.54) is 6.07 Å². The van der Waals surface area contributed by atoms with Crippen molar-refractivity contribution in [2.45, 2.75) is 6.92 Å². The molecule has 3 rings (SSSR count). The van der Waals surface area contributed by atoms with Gasteiger partial charge in [-0.1, -0.05) is 30.3 Å². The van der Waals surface area contributed by atoms with Crippen LogP contribution in [0.5, 0.6) is 5.88 Å². The molecule has 3 aromatic rings. The molecule has 2 aromatic carbocycles. The van der Waals surface area contributed by atoms with Crippen molar-refractivity contribution < 1.29 is 4.74 Å². The zero-order valence-electron chi connectivity index (χ0n) is 10.1. The molecule has 0 amide bonds. The Bertz CT molecular complexity index is 774. The summed E-state index contributed by atoms with van der Waals surface area (Å²) in [5.41, 5.74) is 0.821. The highest BCUT2D eigenvalue weighted by molar-refractivity contribution is 6.05. The Morgan fingerprint density at radius 2 is 1.94 bits per heavy atom. The number of ether oxygens (including phenoxy) is 1. The zero-order valence-corrected chi connectivity index (χ0v) is 10.1. The Morgan fingerprint density at radius 1 is 1.11 bits per heavy atom. The van der Waals surface area contributed by atoms with Gasteiger partial charge in [0.2, 0.25) is 0 Å². The largest absolute Gasteiger partial charge is 0.479 e. The molecule has 0 saturated carbocycles. The van der Waals surface area contributed by atoms with Gasteiger partial charge in [0.15, 0.2) is 11.3 Å². The van der Waals surface area contributed by atoms with Crippen LogP contribution in [-0.2, 0) is 0 Å². The van der Waals surface area contributed by atoms with Gasteiger partial charge in [-0.15, -0.1) is 0 Å². The van der Waals surface area contributed by atoms with Crippen molar-refractivity contribution in [1.82, 2.24) is 4.98 Å². The molecule has 0 unspecified atom stereocenters. The fourth-order valence-electron chi connectivity index (χ4n) is 2.20. The van der Waals surface area contributed by atoms with Crippen LogP contribution in [0, 0.1) is 0 Å². The first-order chi connectivity index (χ1) is 8.79. The quantitative estimate of drug-likeness (QED) is 0.698. The Morgan fingerprint density at radius 3 is 2.78 bits per heavy atom. The van der Waals surface area contributed by atoms with Gasteiger partial charge < -0.3 is 9.72 Å². The number of aromatic amines is 1. The van der Waals surface area contributed by atoms with Crippen LogP contribution in [0.25, 0.3) is 21.7 Å². The SMILES string of the molecule is CCOc1cc(=O)c2ccc3ccccc3c2[nH]1. The maximum Gasteiger partial charge on any atom is 0.195 e. The van der Waals surface area contributed by atoms with E-state index in [0.717, 1.165) is 16.3 Å². The number of hydrogen-bond acceptors (Lipinski definition) is 2. The molecule has 0 saturated heterocycles. The summed E-state index contributed by atoms with van der Waals surface area (Å²) >= 11 is 0. The van der Waals surface area contributed by atoms with Gasteiger partial charge in [-0.25, -0.2) is 0 Å². The van der Waals surface area contributed by atoms with Crippen LogP contribution in [0.2, 0.25) is 0 Å². The number of fused-ring (bicyclic) bond motifs is 3. The van der Waals surface area contributed by atoms with Crippen LogP contribution >= 0.6 is 0 Å². The van der Waals surface area contributed by atoms with Gasteiger partial charge in [0, 0.05) is 16.8 Å². The topological polar surface area (TPSA) is 42.1 Å². The van der Waals surface area contributed by atoms with E-state index in [1.807, 2.05) is 43.3 Å². The Balaban J connectivity index is 2.44. The van der Waals surface area contributed by atoms with Crippen molar-refractivity contribution in [3.05, 3.63) is 52.7 Å². The lowest BCUT2D eigenvalue weighted by Gasteiger charge is -2.07. The van der Waals surface area contributed by atoms with Crippen LogP contribution in [-0.4, -0.2) is 11.6 Å². The van der Waals surface area contributed by atoms with Gasteiger partial charge in [-0.3, -0.25) is 4.79 Å². The second-order valence-corrected chi connectivity index (χ2v) is 4.14. The summed E-state index contributed by atoms with van der Waals surface area (Å²) in [5, 5.41) is 2.83. The average molecular weight is 239 g/mol. The van der Waals surface area contributed by atoms with Crippen molar-refractivity contribution in [3.8, 4) is 5.88 Å². The van der Waals surface area contributed by atoms with E-state index in [4.69, 9.17) is 4.74 Å². The molecule has 0 aliphatic carbocycles. The second-order valence-electron chi connectivity index (χ2n) is 4.14. The van der Waals surface area contributed by atoms with Crippen LogP contribution in [0.15, 0.2) is 47.3 Å². The molecule has 3 nitrogen and oxygen atoms in total. The monoisotopic (exact) mass is 239 g/mol. The van der Waals surface area contributed by atoms with Gasteiger partial charge in [0.25, 0.3) is 0 Å². The summed E-state index contributed by atoms with van der Waals surface area (Å²) in [7, 11) is 0. The predicted octanol–water partition coefficient (Wildman–Crippen LogP) is 3.08. The number of benzene rings is 2. The Kier molecular flexibility index (Phi) is 2.52. The highest BCUT2D eigenvalue weighted by atomic mass is 16.5. The first-order valence-corrected chi connectivity index (χ1v) is 5.97. The molecule has 0 radical (unpaired) electrons. The molecule has 0 bridgehead atoms. The molecule has 3 heteroatoms. The first kappa shape index (κ1) is 10.8. The van der Waals surface area contributed by atoms with E-state index in [-0.39, 0.29) is 5.43 Å². The van der Waals surface area contributed by atoms with Gasteiger partial charge in [-0.05, 0) is 18.4 Å². The highest BCUT2D eigenvalue weighted by Gasteiger charge is 2.05. The van der Waals surface area contributed by atoms with Gasteiger partial charge in [0.05, 0.1) is 12.1 Å². The normalized spacial score (nSPS) is 10.9. The molecular formula is C15H13NO2. The summed E-state index contributed by atoms with van der Waals surface area (Å²) in [6.07, 6.45) is 0. The lowest BCUT2D eigenvalue weighted by atomic mass is 10.1. The molecule has 18 heavy (non-hydrogen) atoms. The molecule has 90 valence electrons. The van der Waals surface area contributed by atoms with Gasteiger partial charge in [-0.2, -0.15) is 0 Å². The van der Waals surface area contributed by atoms with Crippen molar-refractivity contribution in [2.75, 3.05) is 6.61 Å². The fourth-order valence-corrected chi connectivity index (χ4v) is 2.20. The van der Waals surface area contributed by atoms with Crippen molar-refractivity contribution >= 4 is 21.7 Å². The van der Waals surface area contributed by atoms with E-state index < -0.39 is 0 Å². The first-order valence-electron chi connectivity index (χ1n) is 5.97. The van der Waals surface area contributed by atoms with Crippen molar-refractivity contribution in [1.29, 1.82) is 0 Å². The minimum absolute atomic E-state index is 0.0158. The van der Waals surface area contributed by atoms with E-state index in [1.54, 1.807) is 0 Å². The molecule has 1 aromatic heterocycles. The van der Waals surface area contributed by atoms with E-state index in [2.05, 4.69) is 4.98 Å². The summed E-state index contributed by atoms with van der Waals surface area (Å²) in [6, 6.07) is 13.3. The number of hydrogen-bond donors (Lipinski definition) is 1. The number of pyridine rings is 1. The molecule has 0 aliphatic rings. The zero-order chi connectivity index (χ0) is 12.5. The van der Waals surface area contributed by atoms with Crippen LogP contribution in [0.4, 0.5) is 0 Å². The number of nitrogens with one attached hydrogen (secondary N) is 1. The molecular weight excluding hydrogens is 226 g/mol. The van der Waals surface area contributed by atoms with E-state index in [0.29, 0.717) is 17.9 Å². The lowest BCUT2D eigenvalue weighted by Crippen LogP contribution is -2.05. The summed E-state index contributed by atoms with van der Waals surface area (Å²) < 4.78 is 5.39. The number of rotatable bonds is 2. The summed E-state index contributed by atoms with van der Waals surface area (Å²) in [4.78, 5) is 15.2. The van der Waals surface area contributed by atoms with E-state index >= 15 is 0 Å². The summed E-state index contributed by atoms with van der Waals surface area (Å²) in [6.45, 7) is 2.43. The highest BCUT2D eigenvalue weighted by Crippen LogP contribution is 2.23. The van der Waals surface area contributed by atoms with Gasteiger partial charge in [0.1, 0.15) is 0 Å². The molecule has 0 atom stereocenters. The molecule has 1 N–H and O–H groups in total. The Hall–Kier alpha value is -2.29. The third kappa shape index (κ3) is 1.64. The number of aromatic nitrogens is 1. The molecule has 0 fully saturated rings. The standard InChI is InChI=1S/C15H13NO2/c1-2-18-14-9-13(17)12-8-7-10-5-3-4-6-11(10)15(12)16-14/h3-9H,2H2,1H3,(H,16,17). The Labute approximate surface area is 104 Å². The van der Waals surface area contributed by atoms with Crippen LogP contribution < -0.4 is 10.2 Å². The second kappa shape index (κ2) is 4.18. The van der Waals surface area contributed by atoms with Crippen LogP contribution in [0.1, 0.15) is 6.92 Å². The van der Waals surface area contributed by atoms with E-state index in [9.17, 15) is 4.79 Å². The van der Waals surface area contributed by atoms with Crippen LogP contribution in [0.3, 0.4) is 0 Å². The summed E-state index contributed by atoms with van der Waals surface area (Å²) in [5.74, 6) is 0.520. The third-order valence-electron chi connectivity index (χ3n) is 3.00. The third-order valence-corrected chi connectivity index (χ3v) is 3.00. The van der Waals surface area contributed by atoms with Crippen molar-refractivity contribution in [2.24, 2.45) is 0 Å². The molecule has 1 heterocycles. The van der Waals surface area contributed by atoms with Crippen molar-refractivity contribution in [3.63, 3.8) is 0 Å². The lowest BCUT2D eigenvalue weighted by molar-refractivity contribution is 0.328. The smallest absolute Gasteiger partial charge is 0.195 e. The molecule has 0 spiro atoms. The maximum atomic E-state index is 12.0. The minimum atomic E-state index is -0.0158. The predicted molar refractivity (Wildman–Crippen MR) is 73.2 cm³/mol.